The zero-order valence-corrected chi connectivity index (χ0v) is 10.3. The quantitative estimate of drug-likeness (QED) is 0.825. The van der Waals surface area contributed by atoms with Crippen LogP contribution in [0.25, 0.3) is 0 Å². The van der Waals surface area contributed by atoms with Gasteiger partial charge in [-0.15, -0.1) is 0 Å². The molecule has 3 heteroatoms. The van der Waals surface area contributed by atoms with Crippen LogP contribution in [0.3, 0.4) is 0 Å². The summed E-state index contributed by atoms with van der Waals surface area (Å²) in [6, 6.07) is 8.38. The summed E-state index contributed by atoms with van der Waals surface area (Å²) in [6.07, 6.45) is 2.24. The molecule has 92 valence electrons. The third-order valence-corrected chi connectivity index (χ3v) is 3.47. The van der Waals surface area contributed by atoms with Gasteiger partial charge in [-0.05, 0) is 50.3 Å². The molecule has 0 saturated carbocycles. The second-order valence-electron chi connectivity index (χ2n) is 5.06. The minimum atomic E-state index is -0.858. The van der Waals surface area contributed by atoms with E-state index in [0.717, 1.165) is 12.8 Å². The van der Waals surface area contributed by atoms with E-state index in [9.17, 15) is 4.79 Å². The Bertz CT molecular complexity index is 389. The monoisotopic (exact) mass is 233 g/mol. The minimum absolute atomic E-state index is 0.365. The Labute approximate surface area is 102 Å². The Morgan fingerprint density at radius 1 is 1.18 bits per heavy atom. The smallest absolute Gasteiger partial charge is 0.335 e. The van der Waals surface area contributed by atoms with Crippen molar-refractivity contribution in [3.63, 3.8) is 0 Å². The molecule has 0 bridgehead atoms. The molecule has 0 aromatic heterocycles. The molecule has 17 heavy (non-hydrogen) atoms. The van der Waals surface area contributed by atoms with Gasteiger partial charge >= 0.3 is 5.97 Å². The Morgan fingerprint density at radius 3 is 2.18 bits per heavy atom. The van der Waals surface area contributed by atoms with E-state index in [1.54, 1.807) is 12.1 Å². The summed E-state index contributed by atoms with van der Waals surface area (Å²) >= 11 is 0. The standard InChI is InChI=1S/C14H19NO2/c1-9-7-13(8-10(2)15-9)11-3-5-12(6-4-11)14(16)17/h3-6,9-10,13,15H,7-8H2,1-2H3,(H,16,17). The second kappa shape index (κ2) is 4.88. The first-order valence-corrected chi connectivity index (χ1v) is 6.15. The number of piperidine rings is 1. The van der Waals surface area contributed by atoms with Gasteiger partial charge in [0.05, 0.1) is 5.56 Å². The molecule has 3 nitrogen and oxygen atoms in total. The molecule has 0 radical (unpaired) electrons. The van der Waals surface area contributed by atoms with Crippen molar-refractivity contribution >= 4 is 5.97 Å². The summed E-state index contributed by atoms with van der Waals surface area (Å²) in [5, 5.41) is 12.4. The number of benzene rings is 1. The molecule has 0 spiro atoms. The predicted octanol–water partition coefficient (Wildman–Crippen LogP) is 2.63. The van der Waals surface area contributed by atoms with Crippen LogP contribution in [0, 0.1) is 0 Å². The summed E-state index contributed by atoms with van der Waals surface area (Å²) < 4.78 is 0. The first-order valence-electron chi connectivity index (χ1n) is 6.15. The van der Waals surface area contributed by atoms with E-state index in [4.69, 9.17) is 5.11 Å². The van der Waals surface area contributed by atoms with Crippen LogP contribution in [0.2, 0.25) is 0 Å². The lowest BCUT2D eigenvalue weighted by Crippen LogP contribution is -2.41. The fraction of sp³-hybridized carbons (Fsp3) is 0.500. The highest BCUT2D eigenvalue weighted by Crippen LogP contribution is 2.30. The largest absolute Gasteiger partial charge is 0.478 e. The van der Waals surface area contributed by atoms with E-state index in [0.29, 0.717) is 23.6 Å². The van der Waals surface area contributed by atoms with E-state index in [1.807, 2.05) is 12.1 Å². The molecule has 1 aromatic rings. The summed E-state index contributed by atoms with van der Waals surface area (Å²) in [7, 11) is 0. The van der Waals surface area contributed by atoms with E-state index >= 15 is 0 Å². The van der Waals surface area contributed by atoms with Gasteiger partial charge in [0.1, 0.15) is 0 Å². The Hall–Kier alpha value is -1.35. The maximum atomic E-state index is 10.8. The van der Waals surface area contributed by atoms with Crippen molar-refractivity contribution in [2.45, 2.75) is 44.7 Å². The number of aromatic carboxylic acids is 1. The molecule has 0 aliphatic carbocycles. The van der Waals surface area contributed by atoms with Gasteiger partial charge in [-0.2, -0.15) is 0 Å². The maximum Gasteiger partial charge on any atom is 0.335 e. The van der Waals surface area contributed by atoms with Crippen LogP contribution in [0.15, 0.2) is 24.3 Å². The van der Waals surface area contributed by atoms with Crippen LogP contribution in [0.1, 0.15) is 48.5 Å². The van der Waals surface area contributed by atoms with Crippen molar-refractivity contribution in [1.29, 1.82) is 0 Å². The number of carbonyl (C=O) groups is 1. The van der Waals surface area contributed by atoms with Gasteiger partial charge in [-0.3, -0.25) is 0 Å². The summed E-state index contributed by atoms with van der Waals surface area (Å²) in [6.45, 7) is 4.41. The Balaban J connectivity index is 2.14. The molecule has 2 rings (SSSR count). The van der Waals surface area contributed by atoms with Crippen LogP contribution < -0.4 is 5.32 Å². The molecule has 2 atom stereocenters. The fourth-order valence-electron chi connectivity index (χ4n) is 2.74. The number of carboxylic acids is 1. The Kier molecular flexibility index (Phi) is 3.48. The van der Waals surface area contributed by atoms with Crippen molar-refractivity contribution in [1.82, 2.24) is 5.32 Å². The number of nitrogens with one attached hydrogen (secondary N) is 1. The zero-order valence-electron chi connectivity index (χ0n) is 10.3. The summed E-state index contributed by atoms with van der Waals surface area (Å²) in [5.41, 5.74) is 1.62. The number of carboxylic acid groups (broad SMARTS) is 1. The number of hydrogen-bond acceptors (Lipinski definition) is 2. The lowest BCUT2D eigenvalue weighted by atomic mass is 9.83. The molecule has 2 N–H and O–H groups in total. The van der Waals surface area contributed by atoms with Gasteiger partial charge in [0, 0.05) is 12.1 Å². The Morgan fingerprint density at radius 2 is 1.71 bits per heavy atom. The van der Waals surface area contributed by atoms with Gasteiger partial charge in [0.25, 0.3) is 0 Å². The normalized spacial score (nSPS) is 28.9. The van der Waals surface area contributed by atoms with E-state index in [1.165, 1.54) is 5.56 Å². The SMILES string of the molecule is CC1CC(c2ccc(C(=O)O)cc2)CC(C)N1. The van der Waals surface area contributed by atoms with Crippen LogP contribution in [-0.4, -0.2) is 23.2 Å². The minimum Gasteiger partial charge on any atom is -0.478 e. The van der Waals surface area contributed by atoms with Crippen LogP contribution in [-0.2, 0) is 0 Å². The average molecular weight is 233 g/mol. The molecule has 1 aliphatic heterocycles. The summed E-state index contributed by atoms with van der Waals surface area (Å²) in [4.78, 5) is 10.8. The molecule has 1 fully saturated rings. The van der Waals surface area contributed by atoms with Crippen molar-refractivity contribution in [2.75, 3.05) is 0 Å². The number of rotatable bonds is 2. The second-order valence-corrected chi connectivity index (χ2v) is 5.06. The molecule has 1 heterocycles. The zero-order chi connectivity index (χ0) is 12.4. The van der Waals surface area contributed by atoms with E-state index < -0.39 is 5.97 Å². The average Bonchev–Trinajstić information content (AvgIpc) is 2.28. The first kappa shape index (κ1) is 12.1. The lowest BCUT2D eigenvalue weighted by Gasteiger charge is -2.33. The number of hydrogen-bond donors (Lipinski definition) is 2. The molecule has 1 aliphatic rings. The summed E-state index contributed by atoms with van der Waals surface area (Å²) in [5.74, 6) is -0.312. The van der Waals surface area contributed by atoms with Crippen molar-refractivity contribution in [2.24, 2.45) is 0 Å². The molecule has 2 unspecified atom stereocenters. The van der Waals surface area contributed by atoms with Gasteiger partial charge in [0.2, 0.25) is 0 Å². The molecule has 1 aromatic carbocycles. The van der Waals surface area contributed by atoms with E-state index in [-0.39, 0.29) is 0 Å². The predicted molar refractivity (Wildman–Crippen MR) is 67.4 cm³/mol. The van der Waals surface area contributed by atoms with Crippen LogP contribution in [0.5, 0.6) is 0 Å². The van der Waals surface area contributed by atoms with Gasteiger partial charge in [0.15, 0.2) is 0 Å². The molecule has 0 amide bonds. The van der Waals surface area contributed by atoms with Crippen LogP contribution >= 0.6 is 0 Å². The highest BCUT2D eigenvalue weighted by atomic mass is 16.4. The van der Waals surface area contributed by atoms with E-state index in [2.05, 4.69) is 19.2 Å². The molecular formula is C14H19NO2. The van der Waals surface area contributed by atoms with Crippen molar-refractivity contribution in [3.05, 3.63) is 35.4 Å². The molecule has 1 saturated heterocycles. The van der Waals surface area contributed by atoms with Crippen LogP contribution in [0.4, 0.5) is 0 Å². The highest BCUT2D eigenvalue weighted by molar-refractivity contribution is 5.87. The first-order chi connectivity index (χ1) is 8.06. The van der Waals surface area contributed by atoms with Gasteiger partial charge in [-0.25, -0.2) is 4.79 Å². The maximum absolute atomic E-state index is 10.8. The van der Waals surface area contributed by atoms with Crippen molar-refractivity contribution in [3.8, 4) is 0 Å². The third-order valence-electron chi connectivity index (χ3n) is 3.47. The highest BCUT2D eigenvalue weighted by Gasteiger charge is 2.24. The third kappa shape index (κ3) is 2.86. The van der Waals surface area contributed by atoms with Crippen molar-refractivity contribution < 1.29 is 9.90 Å². The topological polar surface area (TPSA) is 49.3 Å². The molecular weight excluding hydrogens is 214 g/mol. The fourth-order valence-corrected chi connectivity index (χ4v) is 2.74. The lowest BCUT2D eigenvalue weighted by molar-refractivity contribution is 0.0697. The van der Waals surface area contributed by atoms with Gasteiger partial charge in [-0.1, -0.05) is 12.1 Å². The van der Waals surface area contributed by atoms with Gasteiger partial charge < -0.3 is 10.4 Å².